The molecular formula is C36H65. The molecule has 0 bridgehead atoms. The second-order valence-electron chi connectivity index (χ2n) is 11.6. The van der Waals surface area contributed by atoms with E-state index in [1.807, 2.05) is 0 Å². The van der Waals surface area contributed by atoms with E-state index in [2.05, 4.69) is 43.7 Å². The topological polar surface area (TPSA) is 0 Å². The SMILES string of the molecule is CCCCCCCCCCCCCCCCCCCCCCCCCCCC[CH]Cc1ccccc1. The van der Waals surface area contributed by atoms with Gasteiger partial charge in [-0.15, -0.1) is 0 Å². The van der Waals surface area contributed by atoms with Crippen LogP contribution >= 0.6 is 0 Å². The summed E-state index contributed by atoms with van der Waals surface area (Å²) in [6.07, 6.45) is 43.1. The standard InChI is InChI=1S/C36H65/c1-2-3-4-5-6-7-8-9-10-11-12-13-14-15-16-17-18-19-20-21-22-23-24-25-26-27-28-30-33-36-34-31-29-32-35-36/h29-32,34-35H,2-28,33H2,1H3. The highest BCUT2D eigenvalue weighted by molar-refractivity contribution is 5.16. The van der Waals surface area contributed by atoms with Crippen LogP contribution in [0, 0.1) is 6.42 Å². The largest absolute Gasteiger partial charge is 0.0654 e. The molecule has 0 aromatic heterocycles. The fourth-order valence-electron chi connectivity index (χ4n) is 5.49. The lowest BCUT2D eigenvalue weighted by atomic mass is 10.0. The van der Waals surface area contributed by atoms with Gasteiger partial charge in [-0.05, 0) is 24.8 Å². The third-order valence-corrected chi connectivity index (χ3v) is 7.98. The first kappa shape index (κ1) is 33.2. The van der Waals surface area contributed by atoms with Crippen molar-refractivity contribution in [1.29, 1.82) is 0 Å². The molecule has 0 unspecified atom stereocenters. The zero-order valence-electron chi connectivity index (χ0n) is 24.8. The Morgan fingerprint density at radius 2 is 0.694 bits per heavy atom. The van der Waals surface area contributed by atoms with Gasteiger partial charge in [0.15, 0.2) is 0 Å². The van der Waals surface area contributed by atoms with Crippen molar-refractivity contribution in [3.63, 3.8) is 0 Å². The Bertz CT molecular complexity index is 504. The van der Waals surface area contributed by atoms with Crippen molar-refractivity contribution in [3.8, 4) is 0 Å². The van der Waals surface area contributed by atoms with Crippen molar-refractivity contribution < 1.29 is 0 Å². The fraction of sp³-hybridized carbons (Fsp3) is 0.806. The monoisotopic (exact) mass is 498 g/mol. The number of hydrogen-bond donors (Lipinski definition) is 0. The summed E-state index contributed by atoms with van der Waals surface area (Å²) in [5.74, 6) is 0. The van der Waals surface area contributed by atoms with E-state index in [-0.39, 0.29) is 0 Å². The van der Waals surface area contributed by atoms with Crippen LogP contribution in [0.15, 0.2) is 30.3 Å². The van der Waals surface area contributed by atoms with Crippen molar-refractivity contribution >= 4 is 0 Å². The van der Waals surface area contributed by atoms with E-state index in [1.165, 1.54) is 179 Å². The number of unbranched alkanes of at least 4 members (excludes halogenated alkanes) is 27. The molecule has 0 atom stereocenters. The molecule has 0 heteroatoms. The molecule has 0 aliphatic rings. The zero-order chi connectivity index (χ0) is 25.6. The van der Waals surface area contributed by atoms with Crippen LogP contribution in [-0.4, -0.2) is 0 Å². The van der Waals surface area contributed by atoms with Gasteiger partial charge in [0.05, 0.1) is 0 Å². The summed E-state index contributed by atoms with van der Waals surface area (Å²) in [6.45, 7) is 2.31. The zero-order valence-corrected chi connectivity index (χ0v) is 24.8. The molecule has 0 saturated carbocycles. The number of hydrogen-bond acceptors (Lipinski definition) is 0. The molecule has 0 aliphatic carbocycles. The first-order valence-corrected chi connectivity index (χ1v) is 16.8. The van der Waals surface area contributed by atoms with Crippen LogP contribution < -0.4 is 0 Å². The maximum atomic E-state index is 2.47. The molecule has 0 saturated heterocycles. The van der Waals surface area contributed by atoms with Crippen molar-refractivity contribution in [2.24, 2.45) is 0 Å². The summed E-state index contributed by atoms with van der Waals surface area (Å²) < 4.78 is 0. The second kappa shape index (κ2) is 28.8. The van der Waals surface area contributed by atoms with Gasteiger partial charge in [-0.1, -0.05) is 204 Å². The predicted molar refractivity (Wildman–Crippen MR) is 165 cm³/mol. The van der Waals surface area contributed by atoms with Gasteiger partial charge in [0.25, 0.3) is 0 Å². The van der Waals surface area contributed by atoms with Gasteiger partial charge in [-0.2, -0.15) is 0 Å². The van der Waals surface area contributed by atoms with Crippen molar-refractivity contribution in [1.82, 2.24) is 0 Å². The summed E-state index contributed by atoms with van der Waals surface area (Å²) >= 11 is 0. The van der Waals surface area contributed by atoms with Gasteiger partial charge in [0, 0.05) is 0 Å². The van der Waals surface area contributed by atoms with Crippen LogP contribution in [0.25, 0.3) is 0 Å². The van der Waals surface area contributed by atoms with E-state index in [1.54, 1.807) is 0 Å². The van der Waals surface area contributed by atoms with E-state index in [9.17, 15) is 0 Å². The molecular weight excluding hydrogens is 432 g/mol. The maximum absolute atomic E-state index is 2.47. The van der Waals surface area contributed by atoms with Crippen molar-refractivity contribution in [2.75, 3.05) is 0 Å². The summed E-state index contributed by atoms with van der Waals surface area (Å²) in [6, 6.07) is 10.9. The highest BCUT2D eigenvalue weighted by Gasteiger charge is 1.97. The Hall–Kier alpha value is -0.780. The van der Waals surface area contributed by atoms with Crippen LogP contribution in [0.1, 0.15) is 186 Å². The third-order valence-electron chi connectivity index (χ3n) is 7.98. The Morgan fingerprint density at radius 3 is 1.03 bits per heavy atom. The molecule has 0 spiro atoms. The predicted octanol–water partition coefficient (Wildman–Crippen LogP) is 13.0. The summed E-state index contributed by atoms with van der Waals surface area (Å²) in [4.78, 5) is 0. The van der Waals surface area contributed by atoms with Crippen LogP contribution in [0.5, 0.6) is 0 Å². The number of rotatable bonds is 29. The molecule has 0 N–H and O–H groups in total. The van der Waals surface area contributed by atoms with Crippen molar-refractivity contribution in [3.05, 3.63) is 42.3 Å². The van der Waals surface area contributed by atoms with Crippen molar-refractivity contribution in [2.45, 2.75) is 187 Å². The van der Waals surface area contributed by atoms with E-state index in [4.69, 9.17) is 0 Å². The van der Waals surface area contributed by atoms with Crippen LogP contribution in [0.2, 0.25) is 0 Å². The molecule has 0 amide bonds. The minimum atomic E-state index is 1.14. The van der Waals surface area contributed by atoms with E-state index < -0.39 is 0 Å². The average molecular weight is 498 g/mol. The normalized spacial score (nSPS) is 11.4. The highest BCUT2D eigenvalue weighted by atomic mass is 14.0. The van der Waals surface area contributed by atoms with Gasteiger partial charge in [0.2, 0.25) is 0 Å². The third kappa shape index (κ3) is 24.9. The molecule has 0 fully saturated rings. The lowest BCUT2D eigenvalue weighted by Gasteiger charge is -2.04. The van der Waals surface area contributed by atoms with E-state index in [0.717, 1.165) is 6.42 Å². The number of benzene rings is 1. The van der Waals surface area contributed by atoms with Gasteiger partial charge < -0.3 is 0 Å². The van der Waals surface area contributed by atoms with Gasteiger partial charge in [-0.25, -0.2) is 0 Å². The molecule has 209 valence electrons. The molecule has 1 radical (unpaired) electrons. The summed E-state index contributed by atoms with van der Waals surface area (Å²) in [5, 5.41) is 0. The quantitative estimate of drug-likeness (QED) is 0.0965. The minimum absolute atomic E-state index is 1.14. The van der Waals surface area contributed by atoms with Gasteiger partial charge >= 0.3 is 0 Å². The average Bonchev–Trinajstić information content (AvgIpc) is 2.91. The van der Waals surface area contributed by atoms with Crippen LogP contribution in [0.4, 0.5) is 0 Å². The molecule has 0 aliphatic heterocycles. The molecule has 36 heavy (non-hydrogen) atoms. The Kier molecular flexibility index (Phi) is 26.6. The summed E-state index contributed by atoms with van der Waals surface area (Å²) in [7, 11) is 0. The Labute approximate surface area is 228 Å². The lowest BCUT2D eigenvalue weighted by molar-refractivity contribution is 0.515. The Morgan fingerprint density at radius 1 is 0.389 bits per heavy atom. The highest BCUT2D eigenvalue weighted by Crippen LogP contribution is 2.16. The van der Waals surface area contributed by atoms with Gasteiger partial charge in [-0.3, -0.25) is 0 Å². The maximum Gasteiger partial charge on any atom is -0.0248 e. The second-order valence-corrected chi connectivity index (χ2v) is 11.6. The van der Waals surface area contributed by atoms with Crippen LogP contribution in [0.3, 0.4) is 0 Å². The van der Waals surface area contributed by atoms with Gasteiger partial charge in [0.1, 0.15) is 0 Å². The fourth-order valence-corrected chi connectivity index (χ4v) is 5.49. The molecule has 0 heterocycles. The Balaban J connectivity index is 1.63. The lowest BCUT2D eigenvalue weighted by Crippen LogP contribution is -1.87. The van der Waals surface area contributed by atoms with E-state index >= 15 is 0 Å². The first-order valence-electron chi connectivity index (χ1n) is 16.8. The molecule has 1 aromatic rings. The van der Waals surface area contributed by atoms with Crippen LogP contribution in [-0.2, 0) is 6.42 Å². The molecule has 1 aromatic carbocycles. The smallest absolute Gasteiger partial charge is 0.0248 e. The summed E-state index contributed by atoms with van der Waals surface area (Å²) in [5.41, 5.74) is 1.45. The first-order chi connectivity index (χ1) is 17.9. The molecule has 1 rings (SSSR count). The minimum Gasteiger partial charge on any atom is -0.0654 e. The molecule has 0 nitrogen and oxygen atoms in total. The van der Waals surface area contributed by atoms with E-state index in [0.29, 0.717) is 0 Å².